The van der Waals surface area contributed by atoms with Crippen molar-refractivity contribution in [3.63, 3.8) is 0 Å². The summed E-state index contributed by atoms with van der Waals surface area (Å²) in [7, 11) is 0. The van der Waals surface area contributed by atoms with Crippen LogP contribution in [0.3, 0.4) is 0 Å². The van der Waals surface area contributed by atoms with E-state index in [9.17, 15) is 0 Å². The van der Waals surface area contributed by atoms with Gasteiger partial charge in [0.15, 0.2) is 0 Å². The first-order valence-electron chi connectivity index (χ1n) is 4.16. The van der Waals surface area contributed by atoms with Gasteiger partial charge in [-0.2, -0.15) is 0 Å². The minimum atomic E-state index is 0.771. The molecule has 0 amide bonds. The van der Waals surface area contributed by atoms with E-state index in [4.69, 9.17) is 0 Å². The summed E-state index contributed by atoms with van der Waals surface area (Å²) in [4.78, 5) is 0. The summed E-state index contributed by atoms with van der Waals surface area (Å²) in [6.07, 6.45) is 7.00. The van der Waals surface area contributed by atoms with Crippen molar-refractivity contribution in [2.45, 2.75) is 45.1 Å². The maximum Gasteiger partial charge on any atom is 0.0843 e. The monoisotopic (exact) mass is 128 g/mol. The van der Waals surface area contributed by atoms with E-state index in [-0.39, 0.29) is 0 Å². The Morgan fingerprint density at radius 2 is 1.78 bits per heavy atom. The lowest BCUT2D eigenvalue weighted by molar-refractivity contribution is -0.426. The average molecular weight is 128 g/mol. The van der Waals surface area contributed by atoms with Gasteiger partial charge >= 0.3 is 0 Å². The summed E-state index contributed by atoms with van der Waals surface area (Å²) in [6, 6.07) is 0.771. The molecule has 3 N–H and O–H groups in total. The van der Waals surface area contributed by atoms with Gasteiger partial charge in [-0.1, -0.05) is 13.3 Å². The van der Waals surface area contributed by atoms with Gasteiger partial charge in [-0.15, -0.1) is 0 Å². The zero-order valence-corrected chi connectivity index (χ0v) is 6.40. The third-order valence-corrected chi connectivity index (χ3v) is 2.54. The van der Waals surface area contributed by atoms with E-state index in [1.807, 2.05) is 0 Å². The van der Waals surface area contributed by atoms with Gasteiger partial charge in [0.1, 0.15) is 0 Å². The van der Waals surface area contributed by atoms with Crippen LogP contribution in [0.4, 0.5) is 0 Å². The molecule has 0 spiro atoms. The molecule has 0 aromatic rings. The zero-order valence-electron chi connectivity index (χ0n) is 6.40. The molecule has 0 aromatic carbocycles. The van der Waals surface area contributed by atoms with Crippen LogP contribution in [0.15, 0.2) is 0 Å². The summed E-state index contributed by atoms with van der Waals surface area (Å²) in [5, 5.41) is 0. The van der Waals surface area contributed by atoms with Crippen molar-refractivity contribution < 1.29 is 5.73 Å². The lowest BCUT2D eigenvalue weighted by Crippen LogP contribution is -2.61. The Hall–Kier alpha value is -0.0400. The molecule has 0 aromatic heterocycles. The summed E-state index contributed by atoms with van der Waals surface area (Å²) >= 11 is 0. The zero-order chi connectivity index (χ0) is 6.69. The highest BCUT2D eigenvalue weighted by Gasteiger charge is 2.18. The topological polar surface area (TPSA) is 27.6 Å². The predicted octanol–water partition coefficient (Wildman–Crippen LogP) is 1.20. The molecule has 0 saturated heterocycles. The predicted molar refractivity (Wildman–Crippen MR) is 38.9 cm³/mol. The largest absolute Gasteiger partial charge is 0.355 e. The molecule has 1 nitrogen and oxygen atoms in total. The Kier molecular flexibility index (Phi) is 2.52. The average Bonchev–Trinajstić information content (AvgIpc) is 1.90. The van der Waals surface area contributed by atoms with E-state index in [1.165, 1.54) is 32.1 Å². The molecule has 1 heteroatoms. The van der Waals surface area contributed by atoms with Crippen LogP contribution < -0.4 is 5.73 Å². The van der Waals surface area contributed by atoms with Crippen LogP contribution in [0.1, 0.15) is 39.0 Å². The van der Waals surface area contributed by atoms with Crippen molar-refractivity contribution in [1.82, 2.24) is 0 Å². The molecule has 0 radical (unpaired) electrons. The Bertz CT molecular complexity index is 72.6. The second-order valence-electron chi connectivity index (χ2n) is 3.29. The first kappa shape index (κ1) is 7.07. The molecule has 0 atom stereocenters. The van der Waals surface area contributed by atoms with Gasteiger partial charge in [-0.3, -0.25) is 0 Å². The van der Waals surface area contributed by atoms with Gasteiger partial charge in [0.25, 0.3) is 0 Å². The van der Waals surface area contributed by atoms with Crippen LogP contribution in [-0.2, 0) is 0 Å². The molecular weight excluding hydrogens is 110 g/mol. The van der Waals surface area contributed by atoms with Crippen LogP contribution in [0.25, 0.3) is 0 Å². The molecule has 54 valence electrons. The molecule has 9 heavy (non-hydrogen) atoms. The molecule has 0 unspecified atom stereocenters. The third kappa shape index (κ3) is 1.98. The fraction of sp³-hybridized carbons (Fsp3) is 1.00. The van der Waals surface area contributed by atoms with Crippen molar-refractivity contribution in [1.29, 1.82) is 0 Å². The van der Waals surface area contributed by atoms with Crippen LogP contribution >= 0.6 is 0 Å². The van der Waals surface area contributed by atoms with E-state index in [2.05, 4.69) is 12.7 Å². The molecule has 1 rings (SSSR count). The lowest BCUT2D eigenvalue weighted by Gasteiger charge is -2.22. The lowest BCUT2D eigenvalue weighted by atomic mass is 9.85. The summed E-state index contributed by atoms with van der Waals surface area (Å²) in [5.41, 5.74) is 4.07. The minimum Gasteiger partial charge on any atom is -0.355 e. The quantitative estimate of drug-likeness (QED) is 0.549. The Labute approximate surface area is 57.6 Å². The van der Waals surface area contributed by atoms with Gasteiger partial charge < -0.3 is 5.73 Å². The van der Waals surface area contributed by atoms with Crippen molar-refractivity contribution in [2.75, 3.05) is 0 Å². The first-order chi connectivity index (χ1) is 4.33. The van der Waals surface area contributed by atoms with Crippen molar-refractivity contribution in [2.24, 2.45) is 5.92 Å². The highest BCUT2D eigenvalue weighted by Crippen LogP contribution is 2.24. The van der Waals surface area contributed by atoms with Crippen LogP contribution in [-0.4, -0.2) is 6.04 Å². The SMILES string of the molecule is CCC1CCC([NH3+])CC1. The maximum atomic E-state index is 4.07. The smallest absolute Gasteiger partial charge is 0.0843 e. The highest BCUT2D eigenvalue weighted by molar-refractivity contribution is 4.68. The van der Waals surface area contributed by atoms with E-state index in [0.717, 1.165) is 12.0 Å². The number of rotatable bonds is 1. The fourth-order valence-electron chi connectivity index (χ4n) is 1.64. The number of hydrogen-bond acceptors (Lipinski definition) is 0. The fourth-order valence-corrected chi connectivity index (χ4v) is 1.64. The Morgan fingerprint density at radius 1 is 1.22 bits per heavy atom. The summed E-state index contributed by atoms with van der Waals surface area (Å²) < 4.78 is 0. The normalized spacial score (nSPS) is 36.7. The van der Waals surface area contributed by atoms with Crippen LogP contribution in [0, 0.1) is 5.92 Å². The van der Waals surface area contributed by atoms with E-state index in [1.54, 1.807) is 0 Å². The second kappa shape index (κ2) is 3.21. The van der Waals surface area contributed by atoms with E-state index >= 15 is 0 Å². The molecular formula is C8H18N+. The van der Waals surface area contributed by atoms with Crippen molar-refractivity contribution in [3.05, 3.63) is 0 Å². The van der Waals surface area contributed by atoms with Crippen LogP contribution in [0.2, 0.25) is 0 Å². The van der Waals surface area contributed by atoms with Gasteiger partial charge in [-0.05, 0) is 31.6 Å². The first-order valence-corrected chi connectivity index (χ1v) is 4.16. The maximum absolute atomic E-state index is 4.07. The third-order valence-electron chi connectivity index (χ3n) is 2.54. The molecule has 1 aliphatic rings. The highest BCUT2D eigenvalue weighted by atomic mass is 14.6. The van der Waals surface area contributed by atoms with Crippen molar-refractivity contribution in [3.8, 4) is 0 Å². The van der Waals surface area contributed by atoms with E-state index < -0.39 is 0 Å². The number of quaternary nitrogens is 1. The Balaban J connectivity index is 2.18. The summed E-state index contributed by atoms with van der Waals surface area (Å²) in [5.74, 6) is 1.03. The molecule has 1 saturated carbocycles. The Morgan fingerprint density at radius 3 is 2.22 bits per heavy atom. The second-order valence-corrected chi connectivity index (χ2v) is 3.29. The summed E-state index contributed by atoms with van der Waals surface area (Å²) in [6.45, 7) is 2.30. The van der Waals surface area contributed by atoms with Gasteiger partial charge in [-0.25, -0.2) is 0 Å². The van der Waals surface area contributed by atoms with Gasteiger partial charge in [0.05, 0.1) is 6.04 Å². The molecule has 1 aliphatic carbocycles. The number of hydrogen-bond donors (Lipinski definition) is 1. The van der Waals surface area contributed by atoms with Gasteiger partial charge in [0, 0.05) is 0 Å². The minimum absolute atomic E-state index is 0.771. The standard InChI is InChI=1S/C8H17N/c1-2-7-3-5-8(9)6-4-7/h7-8H,2-6,9H2,1H3/p+1. The van der Waals surface area contributed by atoms with Gasteiger partial charge in [0.2, 0.25) is 0 Å². The molecule has 0 bridgehead atoms. The van der Waals surface area contributed by atoms with Crippen LogP contribution in [0.5, 0.6) is 0 Å². The molecule has 0 heterocycles. The van der Waals surface area contributed by atoms with E-state index in [0.29, 0.717) is 0 Å². The molecule has 0 aliphatic heterocycles. The molecule has 1 fully saturated rings. The van der Waals surface area contributed by atoms with Crippen molar-refractivity contribution >= 4 is 0 Å².